The lowest BCUT2D eigenvalue weighted by molar-refractivity contribution is 0.737. The number of aryl methyl sites for hydroxylation is 1. The average Bonchev–Trinajstić information content (AvgIpc) is 2.93. The van der Waals surface area contributed by atoms with Crippen LogP contribution in [-0.4, -0.2) is 17.1 Å². The third kappa shape index (κ3) is 1.91. The zero-order valence-electron chi connectivity index (χ0n) is 8.18. The predicted octanol–water partition coefficient (Wildman–Crippen LogP) is 2.06. The minimum atomic E-state index is 0.132. The van der Waals surface area contributed by atoms with Gasteiger partial charge in [-0.2, -0.15) is 0 Å². The highest BCUT2D eigenvalue weighted by molar-refractivity contribution is 9.10. The quantitative estimate of drug-likeness (QED) is 0.870. The van der Waals surface area contributed by atoms with Crippen LogP contribution in [-0.2, 0) is 0 Å². The third-order valence-corrected chi connectivity index (χ3v) is 3.51. The fourth-order valence-corrected chi connectivity index (χ4v) is 1.63. The number of anilines is 1. The zero-order valence-corrected chi connectivity index (χ0v) is 9.76. The molecule has 3 N–H and O–H groups in total. The fraction of sp³-hybridized carbons (Fsp3) is 0.500. The second kappa shape index (κ2) is 3.51. The van der Waals surface area contributed by atoms with E-state index in [1.165, 1.54) is 5.56 Å². The number of aromatic nitrogens is 1. The Hall–Kier alpha value is -0.610. The lowest BCUT2D eigenvalue weighted by Gasteiger charge is -2.15. The molecule has 1 aromatic rings. The monoisotopic (exact) mass is 255 g/mol. The van der Waals surface area contributed by atoms with Gasteiger partial charge in [0.05, 0.1) is 5.54 Å². The van der Waals surface area contributed by atoms with Gasteiger partial charge in [-0.15, -0.1) is 0 Å². The summed E-state index contributed by atoms with van der Waals surface area (Å²) in [6.07, 6.45) is 4.13. The Balaban J connectivity index is 2.14. The van der Waals surface area contributed by atoms with Crippen LogP contribution in [0.15, 0.2) is 16.7 Å². The summed E-state index contributed by atoms with van der Waals surface area (Å²) in [5.74, 6) is 0.925. The average molecular weight is 256 g/mol. The highest BCUT2D eigenvalue weighted by Crippen LogP contribution is 2.37. The first-order chi connectivity index (χ1) is 6.65. The van der Waals surface area contributed by atoms with Crippen molar-refractivity contribution in [2.75, 3.05) is 11.9 Å². The van der Waals surface area contributed by atoms with Crippen LogP contribution < -0.4 is 11.1 Å². The molecule has 4 heteroatoms. The lowest BCUT2D eigenvalue weighted by atomic mass is 10.2. The van der Waals surface area contributed by atoms with E-state index in [1.54, 1.807) is 0 Å². The molecule has 1 heterocycles. The van der Waals surface area contributed by atoms with Crippen molar-refractivity contribution in [3.8, 4) is 0 Å². The van der Waals surface area contributed by atoms with Gasteiger partial charge < -0.3 is 11.1 Å². The summed E-state index contributed by atoms with van der Waals surface area (Å²) >= 11 is 3.43. The number of rotatable bonds is 3. The Kier molecular flexibility index (Phi) is 2.49. The standard InChI is InChI=1S/C10H14BrN3/c1-7-4-9(13-5-8(7)11)14-10(6-12)2-3-10/h4-5H,2-3,6,12H2,1H3,(H,13,14). The molecule has 0 atom stereocenters. The maximum absolute atomic E-state index is 5.69. The molecule has 14 heavy (non-hydrogen) atoms. The van der Waals surface area contributed by atoms with Gasteiger partial charge in [0.25, 0.3) is 0 Å². The van der Waals surface area contributed by atoms with Crippen LogP contribution in [0.4, 0.5) is 5.82 Å². The molecule has 2 rings (SSSR count). The van der Waals surface area contributed by atoms with E-state index in [-0.39, 0.29) is 5.54 Å². The van der Waals surface area contributed by atoms with E-state index in [9.17, 15) is 0 Å². The Morgan fingerprint density at radius 2 is 2.36 bits per heavy atom. The number of hydrogen-bond acceptors (Lipinski definition) is 3. The molecule has 3 nitrogen and oxygen atoms in total. The van der Waals surface area contributed by atoms with Gasteiger partial charge in [-0.25, -0.2) is 4.98 Å². The van der Waals surface area contributed by atoms with Crippen LogP contribution >= 0.6 is 15.9 Å². The molecule has 0 bridgehead atoms. The third-order valence-electron chi connectivity index (χ3n) is 2.68. The van der Waals surface area contributed by atoms with Gasteiger partial charge in [-0.3, -0.25) is 0 Å². The van der Waals surface area contributed by atoms with E-state index >= 15 is 0 Å². The Labute approximate surface area is 92.2 Å². The minimum absolute atomic E-state index is 0.132. The summed E-state index contributed by atoms with van der Waals surface area (Å²) in [6.45, 7) is 2.74. The Bertz CT molecular complexity index is 347. The van der Waals surface area contributed by atoms with Crippen LogP contribution in [0.5, 0.6) is 0 Å². The first-order valence-electron chi connectivity index (χ1n) is 4.76. The highest BCUT2D eigenvalue weighted by atomic mass is 79.9. The van der Waals surface area contributed by atoms with Crippen molar-refractivity contribution in [2.45, 2.75) is 25.3 Å². The van der Waals surface area contributed by atoms with Crippen molar-refractivity contribution in [3.63, 3.8) is 0 Å². The number of nitrogens with zero attached hydrogens (tertiary/aromatic N) is 1. The summed E-state index contributed by atoms with van der Waals surface area (Å²) < 4.78 is 1.04. The molecule has 0 unspecified atom stereocenters. The minimum Gasteiger partial charge on any atom is -0.363 e. The van der Waals surface area contributed by atoms with E-state index in [2.05, 4.69) is 33.2 Å². The fourth-order valence-electron chi connectivity index (χ4n) is 1.41. The first-order valence-corrected chi connectivity index (χ1v) is 5.55. The maximum atomic E-state index is 5.69. The first kappa shape index (κ1) is 9.93. The number of pyridine rings is 1. The van der Waals surface area contributed by atoms with Gasteiger partial charge in [0, 0.05) is 17.2 Å². The van der Waals surface area contributed by atoms with Gasteiger partial charge in [-0.05, 0) is 47.3 Å². The maximum Gasteiger partial charge on any atom is 0.126 e. The molecule has 1 aromatic heterocycles. The molecule has 1 aliphatic rings. The van der Waals surface area contributed by atoms with Crippen molar-refractivity contribution < 1.29 is 0 Å². The summed E-state index contributed by atoms with van der Waals surface area (Å²) in [7, 11) is 0. The molecule has 0 saturated heterocycles. The van der Waals surface area contributed by atoms with Gasteiger partial charge in [0.1, 0.15) is 5.82 Å². The van der Waals surface area contributed by atoms with Crippen molar-refractivity contribution >= 4 is 21.7 Å². The molecule has 0 aliphatic heterocycles. The van der Waals surface area contributed by atoms with Crippen molar-refractivity contribution in [2.24, 2.45) is 5.73 Å². The van der Waals surface area contributed by atoms with E-state index in [1.807, 2.05) is 12.3 Å². The molecule has 0 aromatic carbocycles. The second-order valence-corrected chi connectivity index (χ2v) is 4.78. The van der Waals surface area contributed by atoms with E-state index < -0.39 is 0 Å². The summed E-state index contributed by atoms with van der Waals surface area (Å²) in [6, 6.07) is 2.04. The van der Waals surface area contributed by atoms with Crippen LogP contribution in [0.3, 0.4) is 0 Å². The number of nitrogens with two attached hydrogens (primary N) is 1. The molecule has 1 saturated carbocycles. The van der Waals surface area contributed by atoms with Gasteiger partial charge in [-0.1, -0.05) is 0 Å². The zero-order chi connectivity index (χ0) is 10.2. The van der Waals surface area contributed by atoms with Crippen LogP contribution in [0.2, 0.25) is 0 Å². The van der Waals surface area contributed by atoms with Crippen LogP contribution in [0.25, 0.3) is 0 Å². The topological polar surface area (TPSA) is 50.9 Å². The molecule has 1 aliphatic carbocycles. The summed E-state index contributed by atoms with van der Waals surface area (Å²) in [5.41, 5.74) is 7.01. The number of hydrogen-bond donors (Lipinski definition) is 2. The highest BCUT2D eigenvalue weighted by Gasteiger charge is 2.41. The Morgan fingerprint density at radius 1 is 1.64 bits per heavy atom. The predicted molar refractivity (Wildman–Crippen MR) is 61.3 cm³/mol. The molecule has 0 radical (unpaired) electrons. The van der Waals surface area contributed by atoms with Crippen molar-refractivity contribution in [1.29, 1.82) is 0 Å². The molecular formula is C10H14BrN3. The van der Waals surface area contributed by atoms with Crippen molar-refractivity contribution in [1.82, 2.24) is 4.98 Å². The number of halogens is 1. The van der Waals surface area contributed by atoms with Gasteiger partial charge >= 0.3 is 0 Å². The largest absolute Gasteiger partial charge is 0.363 e. The SMILES string of the molecule is Cc1cc(NC2(CN)CC2)ncc1Br. The van der Waals surface area contributed by atoms with Crippen LogP contribution in [0.1, 0.15) is 18.4 Å². The molecule has 76 valence electrons. The summed E-state index contributed by atoms with van der Waals surface area (Å²) in [5, 5.41) is 3.39. The second-order valence-electron chi connectivity index (χ2n) is 3.93. The molecule has 0 spiro atoms. The van der Waals surface area contributed by atoms with E-state index in [0.717, 1.165) is 23.1 Å². The molecule has 1 fully saturated rings. The van der Waals surface area contributed by atoms with E-state index in [0.29, 0.717) is 6.54 Å². The lowest BCUT2D eigenvalue weighted by Crippen LogP contribution is -2.31. The number of nitrogens with one attached hydrogen (secondary N) is 1. The normalized spacial score (nSPS) is 17.9. The van der Waals surface area contributed by atoms with Gasteiger partial charge in [0.2, 0.25) is 0 Å². The van der Waals surface area contributed by atoms with Crippen molar-refractivity contribution in [3.05, 3.63) is 22.3 Å². The smallest absolute Gasteiger partial charge is 0.126 e. The van der Waals surface area contributed by atoms with Crippen LogP contribution in [0, 0.1) is 6.92 Å². The van der Waals surface area contributed by atoms with E-state index in [4.69, 9.17) is 5.73 Å². The van der Waals surface area contributed by atoms with Gasteiger partial charge in [0.15, 0.2) is 0 Å². The molecule has 0 amide bonds. The molecular weight excluding hydrogens is 242 g/mol. The summed E-state index contributed by atoms with van der Waals surface area (Å²) in [4.78, 5) is 4.30. The Morgan fingerprint density at radius 3 is 2.86 bits per heavy atom.